The van der Waals surface area contributed by atoms with Crippen LogP contribution in [-0.2, 0) is 12.8 Å². The van der Waals surface area contributed by atoms with Crippen molar-refractivity contribution in [1.29, 1.82) is 0 Å². The molecule has 0 amide bonds. The van der Waals surface area contributed by atoms with Crippen LogP contribution < -0.4 is 9.47 Å². The Morgan fingerprint density at radius 1 is 1.20 bits per heavy atom. The molecule has 0 bridgehead atoms. The second kappa shape index (κ2) is 8.68. The van der Waals surface area contributed by atoms with Gasteiger partial charge in [0.1, 0.15) is 5.75 Å². The van der Waals surface area contributed by atoms with E-state index in [2.05, 4.69) is 33.0 Å². The highest BCUT2D eigenvalue weighted by Crippen LogP contribution is 2.28. The molecular weight excluding hydrogens is 380 g/mol. The van der Waals surface area contributed by atoms with Gasteiger partial charge >= 0.3 is 0 Å². The molecule has 25 heavy (non-hydrogen) atoms. The SMILES string of the molecule is COc1ccc(Br)c(CC2CCN(CCc3cc[n+]([O-])cc3)CC2)c1. The first kappa shape index (κ1) is 18.2. The van der Waals surface area contributed by atoms with Gasteiger partial charge in [0.2, 0.25) is 0 Å². The molecule has 2 aromatic rings. The van der Waals surface area contributed by atoms with Gasteiger partial charge in [0.15, 0.2) is 12.4 Å². The predicted octanol–water partition coefficient (Wildman–Crippen LogP) is 3.59. The van der Waals surface area contributed by atoms with Crippen LogP contribution in [0.4, 0.5) is 0 Å². The fourth-order valence-corrected chi connectivity index (χ4v) is 3.87. The van der Waals surface area contributed by atoms with E-state index in [1.807, 2.05) is 18.2 Å². The van der Waals surface area contributed by atoms with E-state index in [1.165, 1.54) is 28.4 Å². The smallest absolute Gasteiger partial charge is 0.180 e. The summed E-state index contributed by atoms with van der Waals surface area (Å²) in [6.07, 6.45) is 7.74. The fraction of sp³-hybridized carbons (Fsp3) is 0.450. The van der Waals surface area contributed by atoms with Gasteiger partial charge in [-0.3, -0.25) is 0 Å². The van der Waals surface area contributed by atoms with E-state index in [4.69, 9.17) is 4.74 Å². The molecule has 1 fully saturated rings. The van der Waals surface area contributed by atoms with Crippen molar-refractivity contribution in [3.05, 3.63) is 63.5 Å². The molecule has 3 rings (SSSR count). The zero-order valence-corrected chi connectivity index (χ0v) is 16.2. The normalized spacial score (nSPS) is 16.1. The quantitative estimate of drug-likeness (QED) is 0.545. The molecule has 1 saturated heterocycles. The first-order chi connectivity index (χ1) is 12.1. The minimum absolute atomic E-state index is 0.732. The van der Waals surface area contributed by atoms with Gasteiger partial charge in [-0.2, -0.15) is 4.73 Å². The van der Waals surface area contributed by atoms with Crippen molar-refractivity contribution in [3.8, 4) is 5.75 Å². The van der Waals surface area contributed by atoms with E-state index in [-0.39, 0.29) is 0 Å². The lowest BCUT2D eigenvalue weighted by Crippen LogP contribution is -2.35. The molecule has 5 heteroatoms. The number of benzene rings is 1. The lowest BCUT2D eigenvalue weighted by molar-refractivity contribution is -0.605. The number of hydrogen-bond acceptors (Lipinski definition) is 3. The summed E-state index contributed by atoms with van der Waals surface area (Å²) in [5, 5.41) is 11.1. The maximum absolute atomic E-state index is 11.1. The van der Waals surface area contributed by atoms with Gasteiger partial charge in [-0.15, -0.1) is 0 Å². The summed E-state index contributed by atoms with van der Waals surface area (Å²) >= 11 is 3.66. The van der Waals surface area contributed by atoms with Crippen molar-refractivity contribution in [3.63, 3.8) is 0 Å². The van der Waals surface area contributed by atoms with Crippen molar-refractivity contribution in [2.45, 2.75) is 25.7 Å². The number of methoxy groups -OCH3 is 1. The third-order valence-electron chi connectivity index (χ3n) is 5.06. The molecule has 0 saturated carbocycles. The van der Waals surface area contributed by atoms with E-state index in [1.54, 1.807) is 19.5 Å². The summed E-state index contributed by atoms with van der Waals surface area (Å²) in [6, 6.07) is 10.1. The largest absolute Gasteiger partial charge is 0.619 e. The third-order valence-corrected chi connectivity index (χ3v) is 5.83. The Kier molecular flexibility index (Phi) is 6.32. The van der Waals surface area contributed by atoms with Crippen LogP contribution in [0.5, 0.6) is 5.75 Å². The van der Waals surface area contributed by atoms with Gasteiger partial charge in [-0.1, -0.05) is 15.9 Å². The summed E-state index contributed by atoms with van der Waals surface area (Å²) in [5.74, 6) is 1.66. The first-order valence-electron chi connectivity index (χ1n) is 8.86. The number of aromatic nitrogens is 1. The minimum Gasteiger partial charge on any atom is -0.619 e. The molecule has 0 atom stereocenters. The van der Waals surface area contributed by atoms with Crippen LogP contribution in [-0.4, -0.2) is 31.6 Å². The van der Waals surface area contributed by atoms with Gasteiger partial charge in [0, 0.05) is 23.2 Å². The molecule has 4 nitrogen and oxygen atoms in total. The van der Waals surface area contributed by atoms with E-state index >= 15 is 0 Å². The van der Waals surface area contributed by atoms with Crippen molar-refractivity contribution < 1.29 is 9.47 Å². The standard InChI is InChI=1S/C20H25BrN2O2/c1-25-19-2-3-20(21)18(15-19)14-17-5-10-22(11-6-17)9-4-16-7-12-23(24)13-8-16/h2-3,7-8,12-13,15,17H,4-6,9-11,14H2,1H3. The fourth-order valence-electron chi connectivity index (χ4n) is 3.46. The molecule has 2 heterocycles. The van der Waals surface area contributed by atoms with Gasteiger partial charge in [-0.05, 0) is 74.0 Å². The summed E-state index contributed by atoms with van der Waals surface area (Å²) in [7, 11) is 1.72. The Hall–Kier alpha value is -1.59. The molecule has 1 aliphatic heterocycles. The maximum atomic E-state index is 11.1. The van der Waals surface area contributed by atoms with E-state index in [0.717, 1.165) is 48.9 Å². The molecule has 0 N–H and O–H groups in total. The summed E-state index contributed by atoms with van der Waals surface area (Å²) < 4.78 is 7.36. The molecule has 1 aromatic carbocycles. The van der Waals surface area contributed by atoms with Crippen molar-refractivity contribution in [1.82, 2.24) is 4.90 Å². The summed E-state index contributed by atoms with van der Waals surface area (Å²) in [6.45, 7) is 3.37. The van der Waals surface area contributed by atoms with Crippen LogP contribution in [0.25, 0.3) is 0 Å². The number of hydrogen-bond donors (Lipinski definition) is 0. The molecule has 0 aliphatic carbocycles. The maximum Gasteiger partial charge on any atom is 0.180 e. The highest BCUT2D eigenvalue weighted by atomic mass is 79.9. The lowest BCUT2D eigenvalue weighted by atomic mass is 9.90. The van der Waals surface area contributed by atoms with Crippen LogP contribution >= 0.6 is 15.9 Å². The van der Waals surface area contributed by atoms with Gasteiger partial charge < -0.3 is 14.8 Å². The Morgan fingerprint density at radius 3 is 2.60 bits per heavy atom. The number of nitrogens with zero attached hydrogens (tertiary/aromatic N) is 2. The molecule has 1 aliphatic rings. The zero-order chi connectivity index (χ0) is 17.6. The van der Waals surface area contributed by atoms with Crippen LogP contribution in [0.15, 0.2) is 47.2 Å². The second-order valence-electron chi connectivity index (χ2n) is 6.76. The number of pyridine rings is 1. The van der Waals surface area contributed by atoms with Crippen molar-refractivity contribution in [2.24, 2.45) is 5.92 Å². The molecule has 0 spiro atoms. The monoisotopic (exact) mass is 404 g/mol. The Bertz CT molecular complexity index is 683. The topological polar surface area (TPSA) is 39.4 Å². The third kappa shape index (κ3) is 5.19. The molecular formula is C20H25BrN2O2. The van der Waals surface area contributed by atoms with Gasteiger partial charge in [-0.25, -0.2) is 0 Å². The number of likely N-dealkylation sites (tertiary alicyclic amines) is 1. The number of ether oxygens (including phenoxy) is 1. The Morgan fingerprint density at radius 2 is 1.92 bits per heavy atom. The number of piperidine rings is 1. The Labute approximate surface area is 158 Å². The highest BCUT2D eigenvalue weighted by molar-refractivity contribution is 9.10. The summed E-state index contributed by atoms with van der Waals surface area (Å²) in [4.78, 5) is 2.54. The van der Waals surface area contributed by atoms with Gasteiger partial charge in [0.25, 0.3) is 0 Å². The average Bonchev–Trinajstić information content (AvgIpc) is 2.64. The molecule has 0 radical (unpaired) electrons. The lowest BCUT2D eigenvalue weighted by Gasteiger charge is -2.32. The first-order valence-corrected chi connectivity index (χ1v) is 9.66. The van der Waals surface area contributed by atoms with E-state index in [0.29, 0.717) is 0 Å². The summed E-state index contributed by atoms with van der Waals surface area (Å²) in [5.41, 5.74) is 2.57. The molecule has 1 aromatic heterocycles. The minimum atomic E-state index is 0.732. The average molecular weight is 405 g/mol. The van der Waals surface area contributed by atoms with Crippen molar-refractivity contribution >= 4 is 15.9 Å². The molecule has 0 unspecified atom stereocenters. The van der Waals surface area contributed by atoms with Gasteiger partial charge in [0.05, 0.1) is 7.11 Å². The predicted molar refractivity (Wildman–Crippen MR) is 103 cm³/mol. The number of rotatable bonds is 6. The van der Waals surface area contributed by atoms with Crippen LogP contribution in [0.3, 0.4) is 0 Å². The van der Waals surface area contributed by atoms with Crippen molar-refractivity contribution in [2.75, 3.05) is 26.7 Å². The molecule has 134 valence electrons. The van der Waals surface area contributed by atoms with Crippen LogP contribution in [0.1, 0.15) is 24.0 Å². The zero-order valence-electron chi connectivity index (χ0n) is 14.7. The van der Waals surface area contributed by atoms with E-state index < -0.39 is 0 Å². The Balaban J connectivity index is 1.46. The second-order valence-corrected chi connectivity index (χ2v) is 7.62. The van der Waals surface area contributed by atoms with Crippen LogP contribution in [0.2, 0.25) is 0 Å². The van der Waals surface area contributed by atoms with Crippen LogP contribution in [0, 0.1) is 11.1 Å². The van der Waals surface area contributed by atoms with E-state index in [9.17, 15) is 5.21 Å². The number of halogens is 1. The highest BCUT2D eigenvalue weighted by Gasteiger charge is 2.20.